The molecule has 7 heterocycles. The number of carbonyl (C=O) groups is 7. The van der Waals surface area contributed by atoms with Gasteiger partial charge in [0.15, 0.2) is 23.2 Å². The van der Waals surface area contributed by atoms with Crippen LogP contribution in [-0.2, 0) is 74.9 Å². The van der Waals surface area contributed by atoms with Gasteiger partial charge in [0.25, 0.3) is 17.4 Å². The number of ether oxygens (including phenoxy) is 6. The number of carboxylic acids is 1. The smallest absolute Gasteiger partial charge is 0.407 e. The van der Waals surface area contributed by atoms with Gasteiger partial charge in [0.05, 0.1) is 34.7 Å². The van der Waals surface area contributed by atoms with E-state index in [0.717, 1.165) is 17.1 Å². The molecule has 2 aromatic carbocycles. The molecule has 8 N–H and O–H groups in total. The number of amides is 5. The van der Waals surface area contributed by atoms with Crippen LogP contribution in [0.25, 0.3) is 22.3 Å². The average Bonchev–Trinajstić information content (AvgIpc) is 4.06. The predicted molar refractivity (Wildman–Crippen MR) is 236 cm³/mol. The van der Waals surface area contributed by atoms with Crippen molar-refractivity contribution >= 4 is 58.3 Å². The van der Waals surface area contributed by atoms with Crippen LogP contribution in [0.4, 0.5) is 10.5 Å². The van der Waals surface area contributed by atoms with E-state index in [1.54, 1.807) is 25.1 Å². The lowest BCUT2D eigenvalue weighted by atomic mass is 9.86. The Morgan fingerprint density at radius 2 is 1.63 bits per heavy atom. The maximum atomic E-state index is 13.9. The van der Waals surface area contributed by atoms with Crippen molar-refractivity contribution in [3.8, 4) is 28.6 Å². The predicted octanol–water partition coefficient (Wildman–Crippen LogP) is -0.734. The largest absolute Gasteiger partial charge is 0.479 e. The molecular formula is C46H44N6O19. The van der Waals surface area contributed by atoms with Crippen molar-refractivity contribution in [2.24, 2.45) is 0 Å². The zero-order valence-corrected chi connectivity index (χ0v) is 37.4. The summed E-state index contributed by atoms with van der Waals surface area (Å²) in [4.78, 5) is 107. The molecule has 5 aliphatic rings. The van der Waals surface area contributed by atoms with E-state index in [-0.39, 0.29) is 87.0 Å². The molecular weight excluding hydrogens is 941 g/mol. The monoisotopic (exact) mass is 984 g/mol. The van der Waals surface area contributed by atoms with Crippen LogP contribution in [-0.4, -0.2) is 132 Å². The van der Waals surface area contributed by atoms with Crippen LogP contribution in [0.3, 0.4) is 0 Å². The molecule has 0 saturated carbocycles. The van der Waals surface area contributed by atoms with Gasteiger partial charge in [-0.15, -0.1) is 0 Å². The molecule has 71 heavy (non-hydrogen) atoms. The topological polar surface area (TPSA) is 350 Å². The standard InChI is InChI=1S/C46H44N6O19/c1-2-46(65)25-13-28-36-23(16-52(28)41(60)24(25)18-66-44(46)63)22(21-12-30-31(69-19-68-30)14-26(21)50-36)15-48-45(64)67-17-20-3-4-29(70-43-39(59)37(57)38(58)40(71-43)42(61)62)27(11-20)49-33(54)7-9-47-32(53)8-10-51-34(55)5-6-35(51)56/h3-6,11-14,37-40,43,57-59,65H,2,7-10,15-19H2,1H3,(H,47,53)(H,48,64)(H,49,54)(H,61,62)/t37?,38-,39?,40?,43+,46-/m0/s1. The van der Waals surface area contributed by atoms with Gasteiger partial charge in [-0.2, -0.15) is 0 Å². The Hall–Kier alpha value is -7.97. The van der Waals surface area contributed by atoms with Crippen molar-refractivity contribution in [3.05, 3.63) is 86.7 Å². The number of anilines is 1. The van der Waals surface area contributed by atoms with Gasteiger partial charge in [0.1, 0.15) is 37.3 Å². The minimum Gasteiger partial charge on any atom is -0.479 e. The number of alkyl carbamates (subject to hydrolysis) is 1. The highest BCUT2D eigenvalue weighted by molar-refractivity contribution is 6.13. The fourth-order valence-corrected chi connectivity index (χ4v) is 8.74. The van der Waals surface area contributed by atoms with Crippen molar-refractivity contribution in [3.63, 3.8) is 0 Å². The Balaban J connectivity index is 0.919. The lowest BCUT2D eigenvalue weighted by molar-refractivity contribution is -0.271. The number of carbonyl (C=O) groups excluding carboxylic acids is 6. The van der Waals surface area contributed by atoms with Gasteiger partial charge in [-0.1, -0.05) is 13.0 Å². The summed E-state index contributed by atoms with van der Waals surface area (Å²) in [7, 11) is 0. The molecule has 2 aromatic heterocycles. The molecule has 5 aliphatic heterocycles. The summed E-state index contributed by atoms with van der Waals surface area (Å²) >= 11 is 0. The highest BCUT2D eigenvalue weighted by Gasteiger charge is 2.49. The van der Waals surface area contributed by atoms with Gasteiger partial charge in [-0.05, 0) is 41.8 Å². The van der Waals surface area contributed by atoms with Crippen molar-refractivity contribution in [1.82, 2.24) is 25.1 Å². The van der Waals surface area contributed by atoms with E-state index in [9.17, 15) is 63.9 Å². The van der Waals surface area contributed by atoms with E-state index in [4.69, 9.17) is 33.4 Å². The summed E-state index contributed by atoms with van der Waals surface area (Å²) in [5.41, 5.74) is 0.0276. The van der Waals surface area contributed by atoms with Gasteiger partial charge in [-0.3, -0.25) is 28.9 Å². The van der Waals surface area contributed by atoms with Gasteiger partial charge < -0.3 is 74.5 Å². The first kappa shape index (κ1) is 48.1. The van der Waals surface area contributed by atoms with E-state index in [1.165, 1.54) is 22.8 Å². The number of aliphatic carboxylic acids is 1. The third kappa shape index (κ3) is 9.07. The van der Waals surface area contributed by atoms with Gasteiger partial charge in [-0.25, -0.2) is 19.4 Å². The number of imide groups is 1. The summed E-state index contributed by atoms with van der Waals surface area (Å²) in [6.07, 6.45) is -9.24. The number of fused-ring (bicyclic) bond motifs is 6. The normalized spacial score (nSPS) is 22.6. The number of aromatic nitrogens is 2. The molecule has 0 radical (unpaired) electrons. The van der Waals surface area contributed by atoms with Crippen LogP contribution in [0.2, 0.25) is 0 Å². The first-order valence-corrected chi connectivity index (χ1v) is 22.1. The molecule has 0 aliphatic carbocycles. The van der Waals surface area contributed by atoms with E-state index < -0.39 is 90.1 Å². The van der Waals surface area contributed by atoms with Crippen LogP contribution in [0.15, 0.2) is 53.3 Å². The van der Waals surface area contributed by atoms with E-state index in [2.05, 4.69) is 16.0 Å². The van der Waals surface area contributed by atoms with Crippen molar-refractivity contribution in [2.45, 2.75) is 88.8 Å². The molecule has 25 nitrogen and oxygen atoms in total. The fraction of sp³-hybridized carbons (Fsp3) is 0.370. The number of carboxylic acid groups (broad SMARTS) is 1. The zero-order valence-electron chi connectivity index (χ0n) is 37.4. The Labute approximate surface area is 399 Å². The Morgan fingerprint density at radius 1 is 0.887 bits per heavy atom. The first-order chi connectivity index (χ1) is 33.9. The van der Waals surface area contributed by atoms with Crippen LogP contribution in [0, 0.1) is 0 Å². The number of hydrogen-bond acceptors (Lipinski definition) is 19. The van der Waals surface area contributed by atoms with Gasteiger partial charge in [0.2, 0.25) is 24.9 Å². The summed E-state index contributed by atoms with van der Waals surface area (Å²) in [5, 5.41) is 60.4. The van der Waals surface area contributed by atoms with Crippen molar-refractivity contribution in [1.29, 1.82) is 0 Å². The number of cyclic esters (lactones) is 1. The Bertz CT molecular complexity index is 3010. The van der Waals surface area contributed by atoms with Crippen LogP contribution < -0.4 is 35.7 Å². The third-order valence-corrected chi connectivity index (χ3v) is 12.6. The second kappa shape index (κ2) is 19.1. The molecule has 1 fully saturated rings. The SMILES string of the molecule is CC[C@@]1(O)C(=O)OCc2c1cc1n(c2=O)Cc2c-1nc1cc3c(cc1c2CNC(=O)OCc1ccc(O[C@@H]2OC(C(=O)O)[C@@H](O)C(O)C2O)c(NC(=O)CCNC(=O)CCN2C(=O)C=CC2=O)c1)OCO3. The minimum atomic E-state index is -2.06. The van der Waals surface area contributed by atoms with E-state index in [0.29, 0.717) is 44.9 Å². The number of esters is 1. The van der Waals surface area contributed by atoms with E-state index in [1.807, 2.05) is 0 Å². The molecule has 1 saturated heterocycles. The summed E-state index contributed by atoms with van der Waals surface area (Å²) in [5.74, 6) is -4.31. The third-order valence-electron chi connectivity index (χ3n) is 12.6. The average molecular weight is 985 g/mol. The molecule has 0 bridgehead atoms. The molecule has 6 atom stereocenters. The van der Waals surface area contributed by atoms with Crippen LogP contribution in [0.5, 0.6) is 17.2 Å². The van der Waals surface area contributed by atoms with Crippen LogP contribution >= 0.6 is 0 Å². The Morgan fingerprint density at radius 3 is 2.37 bits per heavy atom. The number of hydrogen-bond donors (Lipinski definition) is 8. The molecule has 25 heteroatoms. The van der Waals surface area contributed by atoms with Crippen LogP contribution in [0.1, 0.15) is 54.0 Å². The second-order valence-electron chi connectivity index (χ2n) is 16.9. The van der Waals surface area contributed by atoms with E-state index >= 15 is 0 Å². The van der Waals surface area contributed by atoms with Gasteiger partial charge in [0, 0.05) is 67.2 Å². The maximum absolute atomic E-state index is 13.9. The second-order valence-corrected chi connectivity index (χ2v) is 16.9. The molecule has 9 rings (SSSR count). The number of nitrogens with one attached hydrogen (secondary N) is 3. The maximum Gasteiger partial charge on any atom is 0.407 e. The Kier molecular flexibility index (Phi) is 12.9. The summed E-state index contributed by atoms with van der Waals surface area (Å²) in [6.45, 7) is 0.269. The highest BCUT2D eigenvalue weighted by Crippen LogP contribution is 2.43. The highest BCUT2D eigenvalue weighted by atomic mass is 16.7. The first-order valence-electron chi connectivity index (χ1n) is 22.1. The summed E-state index contributed by atoms with van der Waals surface area (Å²) in [6, 6.07) is 8.90. The van der Waals surface area contributed by atoms with Crippen molar-refractivity contribution in [2.75, 3.05) is 25.2 Å². The fourth-order valence-electron chi connectivity index (χ4n) is 8.74. The number of aliphatic hydroxyl groups is 4. The number of pyridine rings is 2. The van der Waals surface area contributed by atoms with Crippen molar-refractivity contribution < 1.29 is 87.5 Å². The number of benzene rings is 2. The molecule has 0 spiro atoms. The molecule has 4 aromatic rings. The quantitative estimate of drug-likeness (QED) is 0.0473. The minimum absolute atomic E-state index is 0.00836. The number of aliphatic hydroxyl groups excluding tert-OH is 3. The number of nitrogens with zero attached hydrogens (tertiary/aromatic N) is 3. The number of rotatable bonds is 15. The lowest BCUT2D eigenvalue weighted by Gasteiger charge is -2.38. The summed E-state index contributed by atoms with van der Waals surface area (Å²) < 4.78 is 34.4. The zero-order chi connectivity index (χ0) is 50.5. The molecule has 372 valence electrons. The lowest BCUT2D eigenvalue weighted by Crippen LogP contribution is -2.61. The molecule has 3 unspecified atom stereocenters. The van der Waals surface area contributed by atoms with Gasteiger partial charge >= 0.3 is 18.0 Å². The molecule has 5 amide bonds.